The van der Waals surface area contributed by atoms with Gasteiger partial charge in [0.05, 0.1) is 0 Å². The summed E-state index contributed by atoms with van der Waals surface area (Å²) in [5.41, 5.74) is 6.66. The number of nitrogens with zero attached hydrogens (tertiary/aromatic N) is 2. The lowest BCUT2D eigenvalue weighted by Gasteiger charge is -2.28. The predicted molar refractivity (Wildman–Crippen MR) is 117 cm³/mol. The average Bonchev–Trinajstić information content (AvgIpc) is 3.07. The van der Waals surface area contributed by atoms with Gasteiger partial charge in [-0.1, -0.05) is 67.5 Å². The molecule has 2 aromatic carbocycles. The maximum absolute atomic E-state index is 11.4. The number of aromatic nitrogens is 3. The van der Waals surface area contributed by atoms with Crippen molar-refractivity contribution in [3.05, 3.63) is 41.0 Å². The van der Waals surface area contributed by atoms with Crippen molar-refractivity contribution >= 4 is 11.0 Å². The van der Waals surface area contributed by atoms with Gasteiger partial charge in [-0.25, -0.2) is 0 Å². The number of phenols is 1. The van der Waals surface area contributed by atoms with Crippen LogP contribution in [0, 0.1) is 0 Å². The molecular formula is C24H33N3O. The molecule has 1 atom stereocenters. The molecule has 1 unspecified atom stereocenters. The molecule has 4 heteroatoms. The molecule has 0 aliphatic rings. The third-order valence-electron chi connectivity index (χ3n) is 5.72. The molecule has 1 aromatic heterocycles. The van der Waals surface area contributed by atoms with Gasteiger partial charge in [-0.05, 0) is 46.4 Å². The Morgan fingerprint density at radius 1 is 1.00 bits per heavy atom. The van der Waals surface area contributed by atoms with Crippen LogP contribution in [-0.2, 0) is 10.8 Å². The van der Waals surface area contributed by atoms with Crippen molar-refractivity contribution in [1.82, 2.24) is 15.4 Å². The van der Waals surface area contributed by atoms with Crippen LogP contribution in [-0.4, -0.2) is 20.5 Å². The van der Waals surface area contributed by atoms with Gasteiger partial charge in [0.1, 0.15) is 16.8 Å². The molecule has 0 saturated heterocycles. The zero-order valence-electron chi connectivity index (χ0n) is 18.4. The van der Waals surface area contributed by atoms with Crippen LogP contribution in [0.5, 0.6) is 5.75 Å². The van der Waals surface area contributed by atoms with Crippen molar-refractivity contribution in [3.8, 4) is 16.9 Å². The van der Waals surface area contributed by atoms with E-state index in [0.717, 1.165) is 34.1 Å². The number of hydrogen-bond donors (Lipinski definition) is 2. The number of benzene rings is 2. The second-order valence-corrected chi connectivity index (χ2v) is 9.95. The normalized spacial score (nSPS) is 13.9. The van der Waals surface area contributed by atoms with Crippen LogP contribution in [0.4, 0.5) is 0 Å². The lowest BCUT2D eigenvalue weighted by molar-refractivity contribution is 0.446. The van der Waals surface area contributed by atoms with Crippen LogP contribution in [0.15, 0.2) is 24.3 Å². The van der Waals surface area contributed by atoms with E-state index in [4.69, 9.17) is 0 Å². The number of phenolic OH excluding ortho intramolecular Hbond substituents is 1. The monoisotopic (exact) mass is 379 g/mol. The second kappa shape index (κ2) is 6.91. The first kappa shape index (κ1) is 20.4. The van der Waals surface area contributed by atoms with E-state index < -0.39 is 0 Å². The highest BCUT2D eigenvalue weighted by Gasteiger charge is 2.28. The Kier molecular flexibility index (Phi) is 5.03. The van der Waals surface area contributed by atoms with Gasteiger partial charge in [-0.15, -0.1) is 0 Å². The highest BCUT2D eigenvalue weighted by atomic mass is 16.3. The van der Waals surface area contributed by atoms with Crippen molar-refractivity contribution in [2.75, 3.05) is 0 Å². The van der Waals surface area contributed by atoms with Crippen LogP contribution in [0.25, 0.3) is 22.2 Å². The standard InChI is InChI=1S/C24H33N3O/c1-9-14(2)16-10-11-19-21(26-27-25-19)20(16)17-12-15(23(3,4)5)13-18(22(17)28)24(6,7)8/h10-14,28H,9H2,1-8H3,(H,25,26,27). The van der Waals surface area contributed by atoms with Gasteiger partial charge in [0, 0.05) is 16.7 Å². The fourth-order valence-electron chi connectivity index (χ4n) is 3.67. The van der Waals surface area contributed by atoms with Gasteiger partial charge in [0.2, 0.25) is 0 Å². The number of aromatic amines is 1. The quantitative estimate of drug-likeness (QED) is 0.550. The molecule has 4 nitrogen and oxygen atoms in total. The molecular weight excluding hydrogens is 346 g/mol. The van der Waals surface area contributed by atoms with E-state index in [0.29, 0.717) is 11.7 Å². The molecule has 2 N–H and O–H groups in total. The molecule has 150 valence electrons. The van der Waals surface area contributed by atoms with Crippen molar-refractivity contribution in [2.45, 2.75) is 78.6 Å². The molecule has 0 fully saturated rings. The zero-order valence-corrected chi connectivity index (χ0v) is 18.4. The Labute approximate surface area is 168 Å². The smallest absolute Gasteiger partial charge is 0.127 e. The third-order valence-corrected chi connectivity index (χ3v) is 5.72. The fourth-order valence-corrected chi connectivity index (χ4v) is 3.67. The number of fused-ring (bicyclic) bond motifs is 1. The molecule has 0 radical (unpaired) electrons. The van der Waals surface area contributed by atoms with Gasteiger partial charge in [-0.3, -0.25) is 0 Å². The van der Waals surface area contributed by atoms with Crippen LogP contribution < -0.4 is 0 Å². The zero-order chi connectivity index (χ0) is 20.9. The van der Waals surface area contributed by atoms with Crippen LogP contribution in [0.1, 0.15) is 84.4 Å². The minimum atomic E-state index is -0.172. The minimum Gasteiger partial charge on any atom is -0.507 e. The molecule has 28 heavy (non-hydrogen) atoms. The lowest BCUT2D eigenvalue weighted by atomic mass is 9.77. The summed E-state index contributed by atoms with van der Waals surface area (Å²) in [7, 11) is 0. The van der Waals surface area contributed by atoms with Crippen LogP contribution >= 0.6 is 0 Å². The summed E-state index contributed by atoms with van der Waals surface area (Å²) in [5, 5.41) is 22.9. The molecule has 0 bridgehead atoms. The maximum Gasteiger partial charge on any atom is 0.127 e. The predicted octanol–water partition coefficient (Wildman–Crippen LogP) is 6.44. The van der Waals surface area contributed by atoms with Crippen molar-refractivity contribution in [1.29, 1.82) is 0 Å². The Morgan fingerprint density at radius 2 is 1.68 bits per heavy atom. The van der Waals surface area contributed by atoms with E-state index in [-0.39, 0.29) is 10.8 Å². The summed E-state index contributed by atoms with van der Waals surface area (Å²) >= 11 is 0. The van der Waals surface area contributed by atoms with Gasteiger partial charge >= 0.3 is 0 Å². The maximum atomic E-state index is 11.4. The highest BCUT2D eigenvalue weighted by Crippen LogP contribution is 2.45. The summed E-state index contributed by atoms with van der Waals surface area (Å²) in [6, 6.07) is 8.44. The Morgan fingerprint density at radius 3 is 2.25 bits per heavy atom. The van der Waals surface area contributed by atoms with Gasteiger partial charge in [0.25, 0.3) is 0 Å². The molecule has 0 aliphatic heterocycles. The topological polar surface area (TPSA) is 61.8 Å². The average molecular weight is 380 g/mol. The van der Waals surface area contributed by atoms with Gasteiger partial charge < -0.3 is 5.11 Å². The Bertz CT molecular complexity index is 1000. The summed E-state index contributed by atoms with van der Waals surface area (Å²) in [5.74, 6) is 0.701. The largest absolute Gasteiger partial charge is 0.507 e. The highest BCUT2D eigenvalue weighted by molar-refractivity contribution is 5.96. The molecule has 0 aliphatic carbocycles. The van der Waals surface area contributed by atoms with E-state index in [1.165, 1.54) is 11.1 Å². The third kappa shape index (κ3) is 3.52. The van der Waals surface area contributed by atoms with Crippen LogP contribution in [0.3, 0.4) is 0 Å². The van der Waals surface area contributed by atoms with Gasteiger partial charge in [-0.2, -0.15) is 15.4 Å². The first-order valence-electron chi connectivity index (χ1n) is 10.2. The van der Waals surface area contributed by atoms with Crippen LogP contribution in [0.2, 0.25) is 0 Å². The fraction of sp³-hybridized carbons (Fsp3) is 0.500. The molecule has 3 rings (SSSR count). The van der Waals surface area contributed by atoms with Crippen molar-refractivity contribution in [2.24, 2.45) is 0 Å². The summed E-state index contributed by atoms with van der Waals surface area (Å²) in [4.78, 5) is 0. The summed E-state index contributed by atoms with van der Waals surface area (Å²) in [6.07, 6.45) is 1.02. The number of aromatic hydroxyl groups is 1. The van der Waals surface area contributed by atoms with E-state index in [2.05, 4.69) is 89.0 Å². The van der Waals surface area contributed by atoms with E-state index >= 15 is 0 Å². The van der Waals surface area contributed by atoms with Gasteiger partial charge in [0.15, 0.2) is 0 Å². The first-order valence-corrected chi connectivity index (χ1v) is 10.2. The molecule has 1 heterocycles. The first-order chi connectivity index (χ1) is 12.9. The Hall–Kier alpha value is -2.36. The van der Waals surface area contributed by atoms with Crippen molar-refractivity contribution in [3.63, 3.8) is 0 Å². The summed E-state index contributed by atoms with van der Waals surface area (Å²) in [6.45, 7) is 17.5. The van der Waals surface area contributed by atoms with E-state index in [1.807, 2.05) is 6.07 Å². The number of H-pyrrole nitrogens is 1. The number of rotatable bonds is 3. The SMILES string of the molecule is CCC(C)c1ccc2n[nH]nc2c1-c1cc(C(C)(C)C)cc(C(C)(C)C)c1O. The van der Waals surface area contributed by atoms with Crippen molar-refractivity contribution < 1.29 is 5.11 Å². The molecule has 0 amide bonds. The minimum absolute atomic E-state index is 0.0310. The molecule has 3 aromatic rings. The molecule has 0 spiro atoms. The van der Waals surface area contributed by atoms with E-state index in [9.17, 15) is 5.11 Å². The molecule has 0 saturated carbocycles. The number of hydrogen-bond acceptors (Lipinski definition) is 3. The summed E-state index contributed by atoms with van der Waals surface area (Å²) < 4.78 is 0. The second-order valence-electron chi connectivity index (χ2n) is 9.95. The number of nitrogens with one attached hydrogen (secondary N) is 1. The Balaban J connectivity index is 2.46. The lowest BCUT2D eigenvalue weighted by Crippen LogP contribution is -2.17. The van der Waals surface area contributed by atoms with E-state index in [1.54, 1.807) is 0 Å².